The van der Waals surface area contributed by atoms with Gasteiger partial charge in [0.15, 0.2) is 0 Å². The molecular formula is C9H8N2O8S. The first-order valence-electron chi connectivity index (χ1n) is 4.86. The summed E-state index contributed by atoms with van der Waals surface area (Å²) in [4.78, 5) is 22.0. The highest BCUT2D eigenvalue weighted by Gasteiger charge is 2.34. The van der Waals surface area contributed by atoms with Gasteiger partial charge in [0.05, 0.1) is 15.3 Å². The van der Waals surface area contributed by atoms with Crippen LogP contribution in [-0.4, -0.2) is 23.5 Å². The van der Waals surface area contributed by atoms with Crippen LogP contribution in [-0.2, 0) is 14.7 Å². The van der Waals surface area contributed by atoms with Crippen LogP contribution in [0.1, 0.15) is 5.56 Å². The largest absolute Gasteiger partial charge is 0.347 e. The Bertz CT molecular complexity index is 659. The van der Waals surface area contributed by atoms with Crippen molar-refractivity contribution in [2.45, 2.75) is 11.8 Å². The fraction of sp³-hybridized carbons (Fsp3) is 0.111. The molecule has 1 aromatic rings. The molecule has 0 spiro atoms. The summed E-state index contributed by atoms with van der Waals surface area (Å²) in [5.41, 5.74) is -1.71. The number of nitro groups is 2. The van der Waals surface area contributed by atoms with E-state index in [-0.39, 0.29) is 11.0 Å². The number of hydrogen-bond donors (Lipinski definition) is 1. The number of sulfone groups is 1. The van der Waals surface area contributed by atoms with Gasteiger partial charge in [-0.15, -0.1) is 0 Å². The smallest absolute Gasteiger partial charge is 0.295 e. The number of rotatable bonds is 5. The molecule has 0 heterocycles. The Hall–Kier alpha value is -2.53. The summed E-state index contributed by atoms with van der Waals surface area (Å²) in [5.74, 6) is 0. The maximum absolute atomic E-state index is 11.9. The zero-order valence-electron chi connectivity index (χ0n) is 9.92. The average molecular weight is 304 g/mol. The van der Waals surface area contributed by atoms with Crippen LogP contribution in [0.3, 0.4) is 0 Å². The standard InChI is InChI=1S/C9H8N2O8S/c1-6-4-7(10(12)13)9(8(5-6)11(14)15)20(17,18)3-2-19-16/h2-5,16H,1H3/b3-2+. The molecule has 0 aliphatic carbocycles. The van der Waals surface area contributed by atoms with E-state index in [9.17, 15) is 28.6 Å². The van der Waals surface area contributed by atoms with Crippen molar-refractivity contribution in [2.75, 3.05) is 0 Å². The minimum atomic E-state index is -4.54. The lowest BCUT2D eigenvalue weighted by Crippen LogP contribution is -2.07. The Labute approximate surface area is 112 Å². The number of aryl methyl sites for hydroxylation is 1. The zero-order chi connectivity index (χ0) is 15.5. The van der Waals surface area contributed by atoms with E-state index in [1.54, 1.807) is 0 Å². The van der Waals surface area contributed by atoms with Crippen LogP contribution in [0.15, 0.2) is 28.7 Å². The summed E-state index contributed by atoms with van der Waals surface area (Å²) in [5, 5.41) is 30.1. The van der Waals surface area contributed by atoms with E-state index >= 15 is 0 Å². The lowest BCUT2D eigenvalue weighted by Gasteiger charge is -2.04. The molecule has 1 rings (SSSR count). The van der Waals surface area contributed by atoms with Gasteiger partial charge in [-0.25, -0.2) is 13.7 Å². The van der Waals surface area contributed by atoms with Gasteiger partial charge in [0.2, 0.25) is 14.7 Å². The highest BCUT2D eigenvalue weighted by molar-refractivity contribution is 7.94. The maximum atomic E-state index is 11.9. The van der Waals surface area contributed by atoms with Crippen molar-refractivity contribution in [1.29, 1.82) is 0 Å². The number of nitrogens with zero attached hydrogens (tertiary/aromatic N) is 2. The lowest BCUT2D eigenvalue weighted by atomic mass is 10.2. The second-order valence-corrected chi connectivity index (χ2v) is 5.34. The van der Waals surface area contributed by atoms with E-state index in [1.807, 2.05) is 0 Å². The molecule has 0 radical (unpaired) electrons. The third kappa shape index (κ3) is 3.07. The van der Waals surface area contributed by atoms with Crippen molar-refractivity contribution in [1.82, 2.24) is 0 Å². The van der Waals surface area contributed by atoms with Gasteiger partial charge in [0, 0.05) is 12.1 Å². The third-order valence-electron chi connectivity index (χ3n) is 2.17. The molecule has 0 amide bonds. The van der Waals surface area contributed by atoms with Crippen LogP contribution < -0.4 is 0 Å². The fourth-order valence-electron chi connectivity index (χ4n) is 1.46. The molecule has 20 heavy (non-hydrogen) atoms. The van der Waals surface area contributed by atoms with Crippen LogP contribution >= 0.6 is 0 Å². The quantitative estimate of drug-likeness (QED) is 0.372. The van der Waals surface area contributed by atoms with Crippen LogP contribution in [0.25, 0.3) is 0 Å². The SMILES string of the molecule is Cc1cc([N+](=O)[O-])c(S(=O)(=O)/C=C/OO)c([N+](=O)[O-])c1. The second kappa shape index (κ2) is 5.63. The molecule has 0 aliphatic heterocycles. The Kier molecular flexibility index (Phi) is 4.37. The maximum Gasteiger partial charge on any atom is 0.295 e. The van der Waals surface area contributed by atoms with Gasteiger partial charge in [-0.1, -0.05) is 0 Å². The molecule has 0 bridgehead atoms. The lowest BCUT2D eigenvalue weighted by molar-refractivity contribution is -0.399. The van der Waals surface area contributed by atoms with E-state index in [0.717, 1.165) is 12.1 Å². The minimum absolute atomic E-state index is 0.157. The molecular weight excluding hydrogens is 296 g/mol. The molecule has 108 valence electrons. The highest BCUT2D eigenvalue weighted by Crippen LogP contribution is 2.35. The molecule has 1 aromatic carbocycles. The second-order valence-electron chi connectivity index (χ2n) is 3.57. The van der Waals surface area contributed by atoms with Crippen molar-refractivity contribution in [2.24, 2.45) is 0 Å². The summed E-state index contributed by atoms with van der Waals surface area (Å²) in [7, 11) is -4.54. The molecule has 10 nitrogen and oxygen atoms in total. The monoisotopic (exact) mass is 304 g/mol. The Morgan fingerprint density at radius 3 is 2.00 bits per heavy atom. The highest BCUT2D eigenvalue weighted by atomic mass is 32.2. The number of hydrogen-bond acceptors (Lipinski definition) is 8. The average Bonchev–Trinajstić information content (AvgIpc) is 2.34. The van der Waals surface area contributed by atoms with Crippen molar-refractivity contribution in [3.05, 3.63) is 49.6 Å². The first-order valence-corrected chi connectivity index (χ1v) is 6.40. The molecule has 1 N–H and O–H groups in total. The zero-order valence-corrected chi connectivity index (χ0v) is 10.7. The molecule has 0 aromatic heterocycles. The summed E-state index contributed by atoms with van der Waals surface area (Å²) < 4.78 is 23.7. The fourth-order valence-corrected chi connectivity index (χ4v) is 2.65. The van der Waals surface area contributed by atoms with Gasteiger partial charge in [-0.05, 0) is 12.5 Å². The van der Waals surface area contributed by atoms with Crippen molar-refractivity contribution < 1.29 is 28.4 Å². The minimum Gasteiger partial charge on any atom is -0.347 e. The Morgan fingerprint density at radius 1 is 1.20 bits per heavy atom. The van der Waals surface area contributed by atoms with E-state index in [4.69, 9.17) is 5.26 Å². The van der Waals surface area contributed by atoms with Gasteiger partial charge >= 0.3 is 0 Å². The van der Waals surface area contributed by atoms with E-state index in [1.165, 1.54) is 6.92 Å². The molecule has 0 unspecified atom stereocenters. The first-order chi connectivity index (χ1) is 9.20. The van der Waals surface area contributed by atoms with Crippen molar-refractivity contribution >= 4 is 21.2 Å². The van der Waals surface area contributed by atoms with Crippen LogP contribution in [0.2, 0.25) is 0 Å². The van der Waals surface area contributed by atoms with Crippen molar-refractivity contribution in [3.63, 3.8) is 0 Å². The van der Waals surface area contributed by atoms with Crippen LogP contribution in [0.5, 0.6) is 0 Å². The predicted molar refractivity (Wildman–Crippen MR) is 64.5 cm³/mol. The predicted octanol–water partition coefficient (Wildman–Crippen LogP) is 1.55. The molecule has 0 saturated carbocycles. The van der Waals surface area contributed by atoms with Gasteiger partial charge in [0.1, 0.15) is 6.26 Å². The summed E-state index contributed by atoms with van der Waals surface area (Å²) in [6.45, 7) is 1.35. The molecule has 0 saturated heterocycles. The van der Waals surface area contributed by atoms with E-state index in [0.29, 0.717) is 6.26 Å². The van der Waals surface area contributed by atoms with E-state index < -0.39 is 36.0 Å². The van der Waals surface area contributed by atoms with E-state index in [2.05, 4.69) is 4.89 Å². The normalized spacial score (nSPS) is 11.5. The summed E-state index contributed by atoms with van der Waals surface area (Å²) >= 11 is 0. The van der Waals surface area contributed by atoms with Gasteiger partial charge in [-0.2, -0.15) is 0 Å². The summed E-state index contributed by atoms with van der Waals surface area (Å²) in [6.07, 6.45) is 0.322. The Balaban J connectivity index is 3.78. The van der Waals surface area contributed by atoms with Gasteiger partial charge < -0.3 is 4.89 Å². The summed E-state index contributed by atoms with van der Waals surface area (Å²) in [6, 6.07) is 1.79. The third-order valence-corrected chi connectivity index (χ3v) is 3.62. The molecule has 0 atom stereocenters. The van der Waals surface area contributed by atoms with Gasteiger partial charge in [-0.3, -0.25) is 20.2 Å². The topological polar surface area (TPSA) is 150 Å². The first kappa shape index (κ1) is 15.5. The van der Waals surface area contributed by atoms with Crippen LogP contribution in [0.4, 0.5) is 11.4 Å². The Morgan fingerprint density at radius 2 is 1.65 bits per heavy atom. The molecule has 0 fully saturated rings. The number of nitro benzene ring substituents is 2. The van der Waals surface area contributed by atoms with Crippen molar-refractivity contribution in [3.8, 4) is 0 Å². The molecule has 11 heteroatoms. The molecule has 0 aliphatic rings. The number of benzene rings is 1. The van der Waals surface area contributed by atoms with Gasteiger partial charge in [0.25, 0.3) is 11.4 Å². The van der Waals surface area contributed by atoms with Crippen LogP contribution in [0, 0.1) is 27.2 Å².